The van der Waals surface area contributed by atoms with Crippen molar-refractivity contribution in [1.82, 2.24) is 4.90 Å². The summed E-state index contributed by atoms with van der Waals surface area (Å²) in [6.07, 6.45) is 12.8. The van der Waals surface area contributed by atoms with Gasteiger partial charge in [0.25, 0.3) is 0 Å². The predicted molar refractivity (Wildman–Crippen MR) is 154 cm³/mol. The van der Waals surface area contributed by atoms with E-state index in [0.717, 1.165) is 68.8 Å². The van der Waals surface area contributed by atoms with Crippen LogP contribution in [0.15, 0.2) is 42.5 Å². The summed E-state index contributed by atoms with van der Waals surface area (Å²) in [6, 6.07) is 12.9. The summed E-state index contributed by atoms with van der Waals surface area (Å²) in [5.74, 6) is 2.24. The summed E-state index contributed by atoms with van der Waals surface area (Å²) in [4.78, 5) is 15.7. The van der Waals surface area contributed by atoms with Crippen LogP contribution in [-0.2, 0) is 11.2 Å². The first-order chi connectivity index (χ1) is 18.5. The maximum absolute atomic E-state index is 13.2. The maximum atomic E-state index is 13.2. The number of rotatable bonds is 17. The van der Waals surface area contributed by atoms with Gasteiger partial charge in [-0.2, -0.15) is 0 Å². The molecule has 210 valence electrons. The van der Waals surface area contributed by atoms with E-state index in [1.165, 1.54) is 49.8 Å². The molecule has 1 atom stereocenters. The van der Waals surface area contributed by atoms with Crippen molar-refractivity contribution in [3.05, 3.63) is 59.4 Å². The van der Waals surface area contributed by atoms with Crippen molar-refractivity contribution in [1.29, 1.82) is 0 Å². The number of hydrogen-bond acceptors (Lipinski definition) is 4. The molecule has 2 aromatic rings. The first kappa shape index (κ1) is 30.1. The van der Waals surface area contributed by atoms with Gasteiger partial charge < -0.3 is 14.4 Å². The average molecular weight is 526 g/mol. The normalized spacial score (nSPS) is 15.4. The second-order valence-electron chi connectivity index (χ2n) is 10.9. The van der Waals surface area contributed by atoms with Crippen LogP contribution in [0, 0.1) is 11.7 Å². The molecule has 1 aliphatic rings. The van der Waals surface area contributed by atoms with Crippen molar-refractivity contribution in [3.63, 3.8) is 0 Å². The molecule has 0 aliphatic carbocycles. The first-order valence-electron chi connectivity index (χ1n) is 14.7. The summed E-state index contributed by atoms with van der Waals surface area (Å²) in [5, 5.41) is 0. The van der Waals surface area contributed by atoms with Crippen molar-refractivity contribution in [2.45, 2.75) is 89.9 Å². The number of ether oxygens (including phenoxy) is 2. The van der Waals surface area contributed by atoms with Gasteiger partial charge in [-0.25, -0.2) is 4.39 Å². The van der Waals surface area contributed by atoms with Crippen LogP contribution in [0.1, 0.15) is 94.6 Å². The van der Waals surface area contributed by atoms with Gasteiger partial charge in [-0.05, 0) is 74.4 Å². The Kier molecular flexibility index (Phi) is 13.1. The molecule has 3 rings (SSSR count). The topological polar surface area (TPSA) is 38.8 Å². The van der Waals surface area contributed by atoms with Crippen molar-refractivity contribution < 1.29 is 18.7 Å². The van der Waals surface area contributed by atoms with Crippen molar-refractivity contribution in [3.8, 4) is 11.5 Å². The highest BCUT2D eigenvalue weighted by Gasteiger charge is 2.31. The zero-order valence-corrected chi connectivity index (χ0v) is 23.9. The lowest BCUT2D eigenvalue weighted by molar-refractivity contribution is -0.120. The summed E-state index contributed by atoms with van der Waals surface area (Å²) in [7, 11) is 3.36. The van der Waals surface area contributed by atoms with E-state index in [0.29, 0.717) is 24.5 Å². The number of nitrogens with zero attached hydrogens (tertiary/aromatic N) is 1. The number of methoxy groups -OCH3 is 2. The van der Waals surface area contributed by atoms with E-state index in [1.807, 2.05) is 24.3 Å². The monoisotopic (exact) mass is 525 g/mol. The molecule has 0 spiro atoms. The van der Waals surface area contributed by atoms with Gasteiger partial charge in [0.1, 0.15) is 11.6 Å². The van der Waals surface area contributed by atoms with Gasteiger partial charge in [0.15, 0.2) is 11.5 Å². The molecule has 38 heavy (non-hydrogen) atoms. The summed E-state index contributed by atoms with van der Waals surface area (Å²) in [5.41, 5.74) is 2.27. The smallest absolute Gasteiger partial charge is 0.164 e. The van der Waals surface area contributed by atoms with Crippen LogP contribution in [0.25, 0.3) is 0 Å². The molecule has 2 aromatic carbocycles. The fraction of sp³-hybridized carbons (Fsp3) is 0.606. The van der Waals surface area contributed by atoms with Crippen LogP contribution in [0.4, 0.5) is 4.39 Å². The Morgan fingerprint density at radius 1 is 0.947 bits per heavy atom. The number of piperidine rings is 1. The summed E-state index contributed by atoms with van der Waals surface area (Å²) >= 11 is 0. The molecule has 4 nitrogen and oxygen atoms in total. The molecule has 5 heteroatoms. The first-order valence-corrected chi connectivity index (χ1v) is 14.7. The van der Waals surface area contributed by atoms with Gasteiger partial charge in [-0.3, -0.25) is 4.79 Å². The van der Waals surface area contributed by atoms with Crippen LogP contribution in [0.2, 0.25) is 0 Å². The van der Waals surface area contributed by atoms with Gasteiger partial charge in [-0.15, -0.1) is 0 Å². The predicted octanol–water partition coefficient (Wildman–Crippen LogP) is 7.98. The number of Topliss-reactive ketones (excluding diaryl/α,β-unsaturated/α-hetero) is 1. The molecule has 1 aliphatic heterocycles. The molecular formula is C33H48FNO3. The largest absolute Gasteiger partial charge is 0.493 e. The molecule has 1 saturated heterocycles. The molecular weight excluding hydrogens is 477 g/mol. The van der Waals surface area contributed by atoms with Crippen LogP contribution < -0.4 is 9.47 Å². The number of carbonyl (C=O) groups excluding carboxylic acids is 1. The van der Waals surface area contributed by atoms with Crippen molar-refractivity contribution in [2.75, 3.05) is 33.9 Å². The van der Waals surface area contributed by atoms with Gasteiger partial charge in [0.2, 0.25) is 0 Å². The maximum Gasteiger partial charge on any atom is 0.164 e. The highest BCUT2D eigenvalue weighted by molar-refractivity contribution is 5.79. The van der Waals surface area contributed by atoms with E-state index in [-0.39, 0.29) is 11.7 Å². The number of para-hydroxylation sites is 1. The SMILES string of the molecule is CCCCCCCCCC(=O)C[C@@H](c1cccc(OC)c1OC)C1CCN(CCc2ccc(F)cc2)CC1. The molecule has 0 unspecified atom stereocenters. The third-order valence-electron chi connectivity index (χ3n) is 8.17. The number of unbranched alkanes of at least 4 members (excludes halogenated alkanes) is 6. The minimum absolute atomic E-state index is 0.136. The number of carbonyl (C=O) groups is 1. The second-order valence-corrected chi connectivity index (χ2v) is 10.9. The molecule has 0 bridgehead atoms. The van der Waals surface area contributed by atoms with Gasteiger partial charge in [-0.1, -0.05) is 69.7 Å². The minimum atomic E-state index is -0.185. The summed E-state index contributed by atoms with van der Waals surface area (Å²) < 4.78 is 24.6. The fourth-order valence-electron chi connectivity index (χ4n) is 5.88. The average Bonchev–Trinajstić information content (AvgIpc) is 2.95. The van der Waals surface area contributed by atoms with E-state index >= 15 is 0 Å². The van der Waals surface area contributed by atoms with Crippen LogP contribution >= 0.6 is 0 Å². The highest BCUT2D eigenvalue weighted by Crippen LogP contribution is 2.43. The zero-order chi connectivity index (χ0) is 27.2. The van der Waals surface area contributed by atoms with Crippen LogP contribution in [0.3, 0.4) is 0 Å². The van der Waals surface area contributed by atoms with Gasteiger partial charge >= 0.3 is 0 Å². The molecule has 0 saturated carbocycles. The lowest BCUT2D eigenvalue weighted by Gasteiger charge is -2.37. The molecule has 0 N–H and O–H groups in total. The van der Waals surface area contributed by atoms with Gasteiger partial charge in [0, 0.05) is 24.9 Å². The van der Waals surface area contributed by atoms with E-state index in [9.17, 15) is 9.18 Å². The number of ketones is 1. The lowest BCUT2D eigenvalue weighted by atomic mass is 9.76. The van der Waals surface area contributed by atoms with Crippen LogP contribution in [0.5, 0.6) is 11.5 Å². The highest BCUT2D eigenvalue weighted by atomic mass is 19.1. The molecule has 1 fully saturated rings. The Hall–Kier alpha value is -2.40. The van der Waals surface area contributed by atoms with E-state index in [4.69, 9.17) is 9.47 Å². The Balaban J connectivity index is 1.60. The Bertz CT molecular complexity index is 953. The quantitative estimate of drug-likeness (QED) is 0.196. The second kappa shape index (κ2) is 16.5. The third kappa shape index (κ3) is 9.41. The zero-order valence-electron chi connectivity index (χ0n) is 23.9. The Morgan fingerprint density at radius 3 is 2.29 bits per heavy atom. The molecule has 0 radical (unpaired) electrons. The van der Waals surface area contributed by atoms with Crippen molar-refractivity contribution >= 4 is 5.78 Å². The number of hydrogen-bond donors (Lipinski definition) is 0. The third-order valence-corrected chi connectivity index (χ3v) is 8.17. The summed E-state index contributed by atoms with van der Waals surface area (Å²) in [6.45, 7) is 5.24. The Labute approximate surface area is 229 Å². The van der Waals surface area contributed by atoms with E-state index in [2.05, 4.69) is 17.9 Å². The number of benzene rings is 2. The molecule has 1 heterocycles. The number of likely N-dealkylation sites (tertiary alicyclic amines) is 1. The van der Waals surface area contributed by atoms with E-state index < -0.39 is 0 Å². The molecule has 0 aromatic heterocycles. The lowest BCUT2D eigenvalue weighted by Crippen LogP contribution is -2.37. The van der Waals surface area contributed by atoms with E-state index in [1.54, 1.807) is 14.2 Å². The van der Waals surface area contributed by atoms with Gasteiger partial charge in [0.05, 0.1) is 14.2 Å². The fourth-order valence-corrected chi connectivity index (χ4v) is 5.88. The minimum Gasteiger partial charge on any atom is -0.493 e. The Morgan fingerprint density at radius 2 is 1.63 bits per heavy atom. The standard InChI is InChI=1S/C33H48FNO3/c1-4-5-6-7-8-9-10-12-29(36)25-31(30-13-11-14-32(37-2)33(30)38-3)27-20-23-35(24-21-27)22-19-26-15-17-28(34)18-16-26/h11,13-18,27,31H,4-10,12,19-25H2,1-3H3/t31-/m1/s1. The number of halogens is 1. The molecule has 0 amide bonds. The van der Waals surface area contributed by atoms with Crippen LogP contribution in [-0.4, -0.2) is 44.5 Å². The van der Waals surface area contributed by atoms with Crippen molar-refractivity contribution in [2.24, 2.45) is 5.92 Å².